The van der Waals surface area contributed by atoms with E-state index in [0.29, 0.717) is 18.9 Å². The van der Waals surface area contributed by atoms with Gasteiger partial charge in [0, 0.05) is 25.7 Å². The van der Waals surface area contributed by atoms with E-state index in [1.165, 1.54) is 18.3 Å². The minimum atomic E-state index is -0.887. The molecule has 0 atom stereocenters. The van der Waals surface area contributed by atoms with E-state index in [-0.39, 0.29) is 12.1 Å². The molecule has 0 amide bonds. The molecule has 1 N–H and O–H groups in total. The Balaban J connectivity index is 2.79. The Kier molecular flexibility index (Phi) is 5.85. The molecule has 1 aromatic heterocycles. The highest BCUT2D eigenvalue weighted by molar-refractivity contribution is 5.67. The van der Waals surface area contributed by atoms with Gasteiger partial charge in [-0.1, -0.05) is 0 Å². The fourth-order valence-corrected chi connectivity index (χ4v) is 1.57. The molecule has 0 radical (unpaired) electrons. The molecule has 0 fully saturated rings. The summed E-state index contributed by atoms with van der Waals surface area (Å²) in [6, 6.07) is 2.90. The number of nitrogens with zero attached hydrogens (tertiary/aromatic N) is 4. The van der Waals surface area contributed by atoms with Crippen molar-refractivity contribution in [1.82, 2.24) is 9.88 Å². The summed E-state index contributed by atoms with van der Waals surface area (Å²) in [7, 11) is 3.83. The highest BCUT2D eigenvalue weighted by Gasteiger charge is 2.12. The Hall–Kier alpha value is -2.22. The van der Waals surface area contributed by atoms with Gasteiger partial charge in [0.25, 0.3) is 5.69 Å². The second-order valence-electron chi connectivity index (χ2n) is 4.57. The van der Waals surface area contributed by atoms with Crippen LogP contribution in [0.1, 0.15) is 6.42 Å². The largest absolute Gasteiger partial charge is 0.481 e. The molecule has 8 heteroatoms. The van der Waals surface area contributed by atoms with Crippen LogP contribution in [0.4, 0.5) is 11.5 Å². The van der Waals surface area contributed by atoms with E-state index >= 15 is 0 Å². The van der Waals surface area contributed by atoms with Crippen LogP contribution in [0.5, 0.6) is 0 Å². The monoisotopic (exact) mass is 282 g/mol. The van der Waals surface area contributed by atoms with E-state index < -0.39 is 10.9 Å². The van der Waals surface area contributed by atoms with Crippen molar-refractivity contribution in [1.29, 1.82) is 0 Å². The van der Waals surface area contributed by atoms with E-state index in [4.69, 9.17) is 5.11 Å². The van der Waals surface area contributed by atoms with Gasteiger partial charge in [0.2, 0.25) is 0 Å². The van der Waals surface area contributed by atoms with Gasteiger partial charge in [0.1, 0.15) is 12.0 Å². The molecular weight excluding hydrogens is 264 g/mol. The second-order valence-corrected chi connectivity index (χ2v) is 4.57. The summed E-state index contributed by atoms with van der Waals surface area (Å²) < 4.78 is 0. The molecular formula is C12H18N4O4. The van der Waals surface area contributed by atoms with Gasteiger partial charge in [0.15, 0.2) is 0 Å². The topological polar surface area (TPSA) is 99.8 Å². The zero-order chi connectivity index (χ0) is 15.1. The Bertz CT molecular complexity index is 461. The molecule has 110 valence electrons. The summed E-state index contributed by atoms with van der Waals surface area (Å²) in [6.07, 6.45) is 1.17. The molecule has 0 saturated carbocycles. The maximum atomic E-state index is 10.7. The molecule has 0 aliphatic carbocycles. The third-order valence-corrected chi connectivity index (χ3v) is 2.68. The Labute approximate surface area is 116 Å². The first kappa shape index (κ1) is 15.8. The number of hydrogen-bond acceptors (Lipinski definition) is 6. The highest BCUT2D eigenvalue weighted by atomic mass is 16.6. The lowest BCUT2D eigenvalue weighted by Crippen LogP contribution is -2.33. The first-order valence-corrected chi connectivity index (χ1v) is 6.12. The van der Waals surface area contributed by atoms with Crippen LogP contribution in [-0.4, -0.2) is 59.6 Å². The molecule has 0 aromatic carbocycles. The molecule has 0 aliphatic heterocycles. The SMILES string of the molecule is CN(C)CCN(CCC(=O)O)c1ccc([N+](=O)[O-])cn1. The van der Waals surface area contributed by atoms with Crippen molar-refractivity contribution in [2.45, 2.75) is 6.42 Å². The van der Waals surface area contributed by atoms with Crippen molar-refractivity contribution < 1.29 is 14.8 Å². The molecule has 1 aromatic rings. The zero-order valence-corrected chi connectivity index (χ0v) is 11.5. The number of carbonyl (C=O) groups is 1. The van der Waals surface area contributed by atoms with Crippen LogP contribution in [0.25, 0.3) is 0 Å². The van der Waals surface area contributed by atoms with Crippen LogP contribution in [0.2, 0.25) is 0 Å². The van der Waals surface area contributed by atoms with Crippen LogP contribution >= 0.6 is 0 Å². The number of hydrogen-bond donors (Lipinski definition) is 1. The van der Waals surface area contributed by atoms with Crippen molar-refractivity contribution in [3.63, 3.8) is 0 Å². The lowest BCUT2D eigenvalue weighted by Gasteiger charge is -2.24. The van der Waals surface area contributed by atoms with Gasteiger partial charge in [-0.2, -0.15) is 0 Å². The van der Waals surface area contributed by atoms with Crippen LogP contribution < -0.4 is 4.90 Å². The first-order chi connectivity index (χ1) is 9.40. The number of pyridine rings is 1. The van der Waals surface area contributed by atoms with Crippen molar-refractivity contribution in [3.8, 4) is 0 Å². The van der Waals surface area contributed by atoms with Gasteiger partial charge in [0.05, 0.1) is 11.3 Å². The minimum absolute atomic E-state index is 0.00784. The number of anilines is 1. The smallest absolute Gasteiger partial charge is 0.305 e. The highest BCUT2D eigenvalue weighted by Crippen LogP contribution is 2.16. The van der Waals surface area contributed by atoms with Gasteiger partial charge < -0.3 is 14.9 Å². The molecule has 0 aliphatic rings. The van der Waals surface area contributed by atoms with Crippen LogP contribution in [0, 0.1) is 10.1 Å². The number of carboxylic acids is 1. The average Bonchev–Trinajstić information content (AvgIpc) is 2.38. The number of nitro groups is 1. The van der Waals surface area contributed by atoms with Gasteiger partial charge in [-0.25, -0.2) is 4.98 Å². The molecule has 0 spiro atoms. The minimum Gasteiger partial charge on any atom is -0.481 e. The summed E-state index contributed by atoms with van der Waals surface area (Å²) in [5.41, 5.74) is -0.0838. The summed E-state index contributed by atoms with van der Waals surface area (Å²) in [4.78, 5) is 28.5. The summed E-state index contributed by atoms with van der Waals surface area (Å²) in [5.74, 6) is -0.347. The second kappa shape index (κ2) is 7.39. The van der Waals surface area contributed by atoms with E-state index in [0.717, 1.165) is 6.54 Å². The zero-order valence-electron chi connectivity index (χ0n) is 11.5. The molecule has 0 saturated heterocycles. The third-order valence-electron chi connectivity index (χ3n) is 2.68. The van der Waals surface area contributed by atoms with Gasteiger partial charge in [-0.15, -0.1) is 0 Å². The van der Waals surface area contributed by atoms with Crippen LogP contribution in [0.3, 0.4) is 0 Å². The number of carboxylic acid groups (broad SMARTS) is 1. The average molecular weight is 282 g/mol. The number of aliphatic carboxylic acids is 1. The Morgan fingerprint density at radius 3 is 2.50 bits per heavy atom. The van der Waals surface area contributed by atoms with Gasteiger partial charge in [-0.3, -0.25) is 14.9 Å². The number of aromatic nitrogens is 1. The van der Waals surface area contributed by atoms with E-state index in [1.807, 2.05) is 19.0 Å². The van der Waals surface area contributed by atoms with Crippen LogP contribution in [0.15, 0.2) is 18.3 Å². The molecule has 0 bridgehead atoms. The van der Waals surface area contributed by atoms with Crippen molar-refractivity contribution in [3.05, 3.63) is 28.4 Å². The molecule has 1 heterocycles. The van der Waals surface area contributed by atoms with E-state index in [9.17, 15) is 14.9 Å². The molecule has 8 nitrogen and oxygen atoms in total. The standard InChI is InChI=1S/C12H18N4O4/c1-14(2)7-8-15(6-5-12(17)18)11-4-3-10(9-13-11)16(19)20/h3-4,9H,5-8H2,1-2H3,(H,17,18). The maximum absolute atomic E-state index is 10.7. The maximum Gasteiger partial charge on any atom is 0.305 e. The molecule has 0 unspecified atom stereocenters. The molecule has 20 heavy (non-hydrogen) atoms. The fraction of sp³-hybridized carbons (Fsp3) is 0.500. The number of likely N-dealkylation sites (N-methyl/N-ethyl adjacent to an activating group) is 1. The predicted molar refractivity (Wildman–Crippen MR) is 73.9 cm³/mol. The quantitative estimate of drug-likeness (QED) is 0.556. The van der Waals surface area contributed by atoms with E-state index in [2.05, 4.69) is 4.98 Å². The lowest BCUT2D eigenvalue weighted by atomic mass is 10.3. The predicted octanol–water partition coefficient (Wildman–Crippen LogP) is 0.833. The van der Waals surface area contributed by atoms with Crippen LogP contribution in [-0.2, 0) is 4.79 Å². The molecule has 1 rings (SSSR count). The lowest BCUT2D eigenvalue weighted by molar-refractivity contribution is -0.385. The van der Waals surface area contributed by atoms with Crippen molar-refractivity contribution in [2.24, 2.45) is 0 Å². The Morgan fingerprint density at radius 1 is 1.35 bits per heavy atom. The normalized spacial score (nSPS) is 10.6. The van der Waals surface area contributed by atoms with Crippen molar-refractivity contribution in [2.75, 3.05) is 38.6 Å². The fourth-order valence-electron chi connectivity index (χ4n) is 1.57. The van der Waals surface area contributed by atoms with Gasteiger partial charge in [-0.05, 0) is 20.2 Å². The first-order valence-electron chi connectivity index (χ1n) is 6.12. The van der Waals surface area contributed by atoms with E-state index in [1.54, 1.807) is 4.90 Å². The summed E-state index contributed by atoms with van der Waals surface area (Å²) >= 11 is 0. The summed E-state index contributed by atoms with van der Waals surface area (Å²) in [5, 5.41) is 19.3. The Morgan fingerprint density at radius 2 is 2.05 bits per heavy atom. The summed E-state index contributed by atoms with van der Waals surface area (Å²) in [6.45, 7) is 1.65. The number of rotatable bonds is 8. The third kappa shape index (κ3) is 5.19. The van der Waals surface area contributed by atoms with Crippen molar-refractivity contribution >= 4 is 17.5 Å². The van der Waals surface area contributed by atoms with Gasteiger partial charge >= 0.3 is 5.97 Å².